The quantitative estimate of drug-likeness (QED) is 0.816. The van der Waals surface area contributed by atoms with Gasteiger partial charge in [0.05, 0.1) is 32.9 Å². The van der Waals surface area contributed by atoms with Crippen molar-refractivity contribution in [2.45, 2.75) is 32.7 Å². The van der Waals surface area contributed by atoms with Crippen LogP contribution in [0.4, 0.5) is 0 Å². The summed E-state index contributed by atoms with van der Waals surface area (Å²) in [5.41, 5.74) is 0. The van der Waals surface area contributed by atoms with Crippen molar-refractivity contribution in [2.75, 3.05) is 39.5 Å². The zero-order valence-electron chi connectivity index (χ0n) is 15.0. The summed E-state index contributed by atoms with van der Waals surface area (Å²) < 4.78 is 11.7. The Balaban J connectivity index is 1.35. The first kappa shape index (κ1) is 17.1. The minimum Gasteiger partial charge on any atom is -0.465 e. The van der Waals surface area contributed by atoms with E-state index in [1.807, 2.05) is 0 Å². The van der Waals surface area contributed by atoms with Gasteiger partial charge < -0.3 is 9.15 Å². The molecule has 0 aromatic carbocycles. The number of fused-ring (bicyclic) bond motifs is 1. The van der Waals surface area contributed by atoms with E-state index >= 15 is 0 Å². The van der Waals surface area contributed by atoms with Gasteiger partial charge in [-0.05, 0) is 36.3 Å². The maximum absolute atomic E-state index is 12.4. The molecule has 138 valence electrons. The van der Waals surface area contributed by atoms with Crippen LogP contribution in [0.5, 0.6) is 0 Å². The van der Waals surface area contributed by atoms with Gasteiger partial charge in [0.25, 0.3) is 0 Å². The topological polar surface area (TPSA) is 55.2 Å². The lowest BCUT2D eigenvalue weighted by molar-refractivity contribution is -0.171. The highest BCUT2D eigenvalue weighted by Crippen LogP contribution is 2.36. The van der Waals surface area contributed by atoms with Gasteiger partial charge in [-0.25, -0.2) is 5.06 Å². The molecule has 6 heteroatoms. The molecule has 4 heterocycles. The largest absolute Gasteiger partial charge is 0.465 e. The summed E-state index contributed by atoms with van der Waals surface area (Å²) in [6.45, 7) is 7.89. The van der Waals surface area contributed by atoms with Crippen LogP contribution in [0.15, 0.2) is 16.5 Å². The predicted octanol–water partition coefficient (Wildman–Crippen LogP) is 2.09. The molecule has 1 aromatic rings. The van der Waals surface area contributed by atoms with Crippen LogP contribution >= 0.6 is 0 Å². The fourth-order valence-electron chi connectivity index (χ4n) is 4.42. The van der Waals surface area contributed by atoms with Crippen molar-refractivity contribution in [3.05, 3.63) is 23.7 Å². The van der Waals surface area contributed by atoms with Crippen molar-refractivity contribution in [2.24, 2.45) is 17.8 Å². The number of carbonyl (C=O) groups is 1. The second-order valence-corrected chi connectivity index (χ2v) is 7.52. The van der Waals surface area contributed by atoms with E-state index in [0.29, 0.717) is 37.4 Å². The molecule has 0 radical (unpaired) electrons. The lowest BCUT2D eigenvalue weighted by Crippen LogP contribution is -2.38. The summed E-state index contributed by atoms with van der Waals surface area (Å²) in [5.74, 6) is 3.54. The Hall–Kier alpha value is -1.37. The highest BCUT2D eigenvalue weighted by molar-refractivity contribution is 5.75. The Morgan fingerprint density at radius 3 is 2.88 bits per heavy atom. The summed E-state index contributed by atoms with van der Waals surface area (Å²) in [6, 6.07) is 4.15. The maximum Gasteiger partial charge on any atom is 0.246 e. The first-order chi connectivity index (χ1) is 12.2. The molecule has 3 atom stereocenters. The number of rotatable bonds is 5. The van der Waals surface area contributed by atoms with Crippen LogP contribution in [-0.4, -0.2) is 55.3 Å². The van der Waals surface area contributed by atoms with E-state index in [1.165, 1.54) is 0 Å². The van der Waals surface area contributed by atoms with Gasteiger partial charge in [0.15, 0.2) is 0 Å². The normalized spacial score (nSPS) is 30.0. The van der Waals surface area contributed by atoms with E-state index in [1.54, 1.807) is 5.06 Å². The number of hydrogen-bond acceptors (Lipinski definition) is 5. The van der Waals surface area contributed by atoms with Crippen LogP contribution < -0.4 is 0 Å². The Bertz CT molecular complexity index is 596. The monoisotopic (exact) mass is 348 g/mol. The Morgan fingerprint density at radius 2 is 2.12 bits per heavy atom. The number of carbonyl (C=O) groups excluding carboxylic acids is 1. The molecule has 0 aliphatic carbocycles. The molecule has 6 nitrogen and oxygen atoms in total. The third-order valence-electron chi connectivity index (χ3n) is 5.75. The van der Waals surface area contributed by atoms with E-state index in [-0.39, 0.29) is 5.91 Å². The number of amides is 1. The van der Waals surface area contributed by atoms with Gasteiger partial charge in [0.1, 0.15) is 11.5 Å². The van der Waals surface area contributed by atoms with Crippen molar-refractivity contribution in [3.8, 4) is 0 Å². The summed E-state index contributed by atoms with van der Waals surface area (Å²) in [4.78, 5) is 20.3. The van der Waals surface area contributed by atoms with Crippen LogP contribution in [0, 0.1) is 17.8 Å². The van der Waals surface area contributed by atoms with Crippen molar-refractivity contribution in [3.63, 3.8) is 0 Å². The average molecular weight is 348 g/mol. The fourth-order valence-corrected chi connectivity index (χ4v) is 4.42. The maximum atomic E-state index is 12.4. The predicted molar refractivity (Wildman–Crippen MR) is 91.6 cm³/mol. The molecular weight excluding hydrogens is 320 g/mol. The van der Waals surface area contributed by atoms with E-state index < -0.39 is 0 Å². The third kappa shape index (κ3) is 3.76. The smallest absolute Gasteiger partial charge is 0.246 e. The Kier molecular flexibility index (Phi) is 5.10. The SMILES string of the molecule is CCc1ccc(CN2C[C@@H]3COC[C@@H](CC(=O)N4CCCO4)[C@@H]3C2)o1. The van der Waals surface area contributed by atoms with E-state index in [4.69, 9.17) is 14.0 Å². The molecule has 1 aromatic heterocycles. The minimum absolute atomic E-state index is 0.115. The first-order valence-electron chi connectivity index (χ1n) is 9.54. The van der Waals surface area contributed by atoms with Crippen molar-refractivity contribution >= 4 is 5.91 Å². The number of furan rings is 1. The van der Waals surface area contributed by atoms with E-state index in [0.717, 1.165) is 57.1 Å². The van der Waals surface area contributed by atoms with Crippen molar-refractivity contribution < 1.29 is 18.8 Å². The average Bonchev–Trinajstić information content (AvgIpc) is 3.35. The zero-order chi connectivity index (χ0) is 17.2. The molecule has 0 unspecified atom stereocenters. The molecular formula is C19H28N2O4. The number of ether oxygens (including phenoxy) is 1. The lowest BCUT2D eigenvalue weighted by atomic mass is 9.81. The molecule has 4 rings (SSSR count). The molecule has 3 saturated heterocycles. The highest BCUT2D eigenvalue weighted by Gasteiger charge is 2.42. The number of aryl methyl sites for hydroxylation is 1. The van der Waals surface area contributed by atoms with Gasteiger partial charge in [-0.1, -0.05) is 6.92 Å². The molecule has 0 spiro atoms. The second-order valence-electron chi connectivity index (χ2n) is 7.52. The molecule has 3 aliphatic heterocycles. The van der Waals surface area contributed by atoms with Crippen LogP contribution in [0.1, 0.15) is 31.3 Å². The zero-order valence-corrected chi connectivity index (χ0v) is 15.0. The third-order valence-corrected chi connectivity index (χ3v) is 5.75. The molecule has 0 bridgehead atoms. The summed E-state index contributed by atoms with van der Waals surface area (Å²) in [6.07, 6.45) is 2.41. The molecule has 3 fully saturated rings. The Morgan fingerprint density at radius 1 is 1.24 bits per heavy atom. The lowest BCUT2D eigenvalue weighted by Gasteiger charge is -2.33. The molecule has 0 saturated carbocycles. The fraction of sp³-hybridized carbons (Fsp3) is 0.737. The van der Waals surface area contributed by atoms with Gasteiger partial charge in [-0.3, -0.25) is 14.5 Å². The number of hydroxylamine groups is 2. The second kappa shape index (κ2) is 7.48. The van der Waals surface area contributed by atoms with Gasteiger partial charge in [0.2, 0.25) is 5.91 Å². The van der Waals surface area contributed by atoms with E-state index in [2.05, 4.69) is 24.0 Å². The molecule has 1 amide bonds. The van der Waals surface area contributed by atoms with Crippen LogP contribution in [-0.2, 0) is 27.3 Å². The van der Waals surface area contributed by atoms with Crippen LogP contribution in [0.2, 0.25) is 0 Å². The first-order valence-corrected chi connectivity index (χ1v) is 9.54. The van der Waals surface area contributed by atoms with Crippen molar-refractivity contribution in [1.82, 2.24) is 9.96 Å². The van der Waals surface area contributed by atoms with E-state index in [9.17, 15) is 4.79 Å². The number of likely N-dealkylation sites (tertiary alicyclic amines) is 1. The standard InChI is InChI=1S/C19H28N2O4/c1-2-16-4-5-17(25-16)10-20-9-15-13-23-12-14(18(15)11-20)8-19(22)21-6-3-7-24-21/h4-5,14-15,18H,2-3,6-13H2,1H3/t14-,15-,18+/m1/s1. The number of nitrogens with zero attached hydrogens (tertiary/aromatic N) is 2. The van der Waals surface area contributed by atoms with Gasteiger partial charge >= 0.3 is 0 Å². The van der Waals surface area contributed by atoms with Gasteiger partial charge in [-0.2, -0.15) is 0 Å². The highest BCUT2D eigenvalue weighted by atomic mass is 16.7. The summed E-state index contributed by atoms with van der Waals surface area (Å²) in [7, 11) is 0. The molecule has 0 N–H and O–H groups in total. The summed E-state index contributed by atoms with van der Waals surface area (Å²) in [5, 5.41) is 1.55. The number of hydrogen-bond donors (Lipinski definition) is 0. The van der Waals surface area contributed by atoms with Crippen LogP contribution in [0.3, 0.4) is 0 Å². The minimum atomic E-state index is 0.115. The molecule has 3 aliphatic rings. The van der Waals surface area contributed by atoms with Crippen molar-refractivity contribution in [1.29, 1.82) is 0 Å². The van der Waals surface area contributed by atoms with Gasteiger partial charge in [-0.15, -0.1) is 0 Å². The molecule has 25 heavy (non-hydrogen) atoms. The van der Waals surface area contributed by atoms with Gasteiger partial charge in [0, 0.05) is 25.9 Å². The Labute approximate surface area is 149 Å². The van der Waals surface area contributed by atoms with Crippen LogP contribution in [0.25, 0.3) is 0 Å². The summed E-state index contributed by atoms with van der Waals surface area (Å²) >= 11 is 0.